The third-order valence-electron chi connectivity index (χ3n) is 4.42. The van der Waals surface area contributed by atoms with Crippen LogP contribution < -0.4 is 0 Å². The summed E-state index contributed by atoms with van der Waals surface area (Å²) in [5, 5.41) is 13.6. The summed E-state index contributed by atoms with van der Waals surface area (Å²) in [4.78, 5) is 30.0. The van der Waals surface area contributed by atoms with Crippen LogP contribution >= 0.6 is 0 Å². The molecular formula is C18H22N4O4. The highest BCUT2D eigenvalue weighted by Crippen LogP contribution is 2.14. The van der Waals surface area contributed by atoms with Gasteiger partial charge in [0.1, 0.15) is 11.6 Å². The quantitative estimate of drug-likeness (QED) is 0.858. The summed E-state index contributed by atoms with van der Waals surface area (Å²) in [5.74, 6) is 0.394. The fraction of sp³-hybridized carbons (Fsp3) is 0.444. The van der Waals surface area contributed by atoms with Crippen LogP contribution in [0.2, 0.25) is 0 Å². The van der Waals surface area contributed by atoms with Crippen molar-refractivity contribution < 1.29 is 19.4 Å². The number of aromatic carboxylic acids is 1. The van der Waals surface area contributed by atoms with E-state index in [-0.39, 0.29) is 24.0 Å². The molecule has 0 saturated carbocycles. The summed E-state index contributed by atoms with van der Waals surface area (Å²) in [6.07, 6.45) is -0.0985. The molecule has 0 spiro atoms. The lowest BCUT2D eigenvalue weighted by Gasteiger charge is -2.33. The van der Waals surface area contributed by atoms with Crippen molar-refractivity contribution in [3.63, 3.8) is 0 Å². The Balaban J connectivity index is 1.65. The minimum Gasteiger partial charge on any atom is -0.478 e. The molecule has 138 valence electrons. The molecule has 1 aliphatic heterocycles. The van der Waals surface area contributed by atoms with Gasteiger partial charge in [0.15, 0.2) is 0 Å². The van der Waals surface area contributed by atoms with Crippen molar-refractivity contribution in [2.45, 2.75) is 32.9 Å². The number of carbonyl (C=O) groups excluding carboxylic acids is 1. The van der Waals surface area contributed by atoms with Crippen LogP contribution in [0.15, 0.2) is 24.3 Å². The number of hydrogen-bond acceptors (Lipinski definition) is 5. The number of carbonyl (C=O) groups is 2. The van der Waals surface area contributed by atoms with Crippen LogP contribution in [0.4, 0.5) is 0 Å². The van der Waals surface area contributed by atoms with Gasteiger partial charge in [0, 0.05) is 13.1 Å². The molecule has 1 fully saturated rings. The monoisotopic (exact) mass is 358 g/mol. The Hall–Kier alpha value is -2.74. The lowest BCUT2D eigenvalue weighted by atomic mass is 10.0. The number of nitrogens with zero attached hydrogens (tertiary/aromatic N) is 4. The van der Waals surface area contributed by atoms with Crippen LogP contribution in [0.1, 0.15) is 27.6 Å². The molecular weight excluding hydrogens is 336 g/mol. The van der Waals surface area contributed by atoms with E-state index in [9.17, 15) is 14.7 Å². The molecule has 8 heteroatoms. The lowest BCUT2D eigenvalue weighted by molar-refractivity contribution is -0.138. The summed E-state index contributed by atoms with van der Waals surface area (Å²) >= 11 is 0. The van der Waals surface area contributed by atoms with Gasteiger partial charge in [0.2, 0.25) is 5.91 Å². The van der Waals surface area contributed by atoms with Crippen molar-refractivity contribution in [3.8, 4) is 0 Å². The van der Waals surface area contributed by atoms with E-state index in [1.54, 1.807) is 27.8 Å². The Labute approximate surface area is 151 Å². The maximum Gasteiger partial charge on any atom is 0.335 e. The first-order valence-corrected chi connectivity index (χ1v) is 8.52. The number of carboxylic acids is 1. The predicted octanol–water partition coefficient (Wildman–Crippen LogP) is 1.06. The maximum atomic E-state index is 12.7. The smallest absolute Gasteiger partial charge is 0.335 e. The second-order valence-corrected chi connectivity index (χ2v) is 6.36. The van der Waals surface area contributed by atoms with Gasteiger partial charge in [0.05, 0.1) is 31.2 Å². The van der Waals surface area contributed by atoms with Gasteiger partial charge in [-0.1, -0.05) is 18.2 Å². The largest absolute Gasteiger partial charge is 0.478 e. The van der Waals surface area contributed by atoms with Gasteiger partial charge in [-0.3, -0.25) is 4.79 Å². The van der Waals surface area contributed by atoms with Crippen LogP contribution in [0.3, 0.4) is 0 Å². The van der Waals surface area contributed by atoms with Crippen LogP contribution in [-0.4, -0.2) is 62.4 Å². The first-order valence-electron chi connectivity index (χ1n) is 8.52. The number of hydrogen-bond donors (Lipinski definition) is 1. The van der Waals surface area contributed by atoms with E-state index in [4.69, 9.17) is 4.74 Å². The standard InChI is InChI=1S/C18H22N4O4/c1-12-19-13(2)22(20-12)11-15-10-21(7-8-26-15)17(23)9-14-5-3-4-6-16(14)18(24)25/h3-6,15H,7-11H2,1-2H3,(H,24,25). The molecule has 2 heterocycles. The summed E-state index contributed by atoms with van der Waals surface area (Å²) in [5.41, 5.74) is 0.690. The van der Waals surface area contributed by atoms with Crippen molar-refractivity contribution in [1.82, 2.24) is 19.7 Å². The van der Waals surface area contributed by atoms with Gasteiger partial charge in [0.25, 0.3) is 0 Å². The van der Waals surface area contributed by atoms with E-state index >= 15 is 0 Å². The Kier molecular flexibility index (Phi) is 5.32. The first kappa shape index (κ1) is 18.1. The van der Waals surface area contributed by atoms with Crippen molar-refractivity contribution in [3.05, 3.63) is 47.0 Å². The second-order valence-electron chi connectivity index (χ2n) is 6.36. The van der Waals surface area contributed by atoms with Gasteiger partial charge in [-0.25, -0.2) is 14.5 Å². The van der Waals surface area contributed by atoms with Crippen molar-refractivity contribution in [2.75, 3.05) is 19.7 Å². The number of carboxylic acid groups (broad SMARTS) is 1. The van der Waals surface area contributed by atoms with Crippen molar-refractivity contribution in [2.24, 2.45) is 0 Å². The minimum absolute atomic E-state index is 0.0661. The number of aromatic nitrogens is 3. The molecule has 1 atom stereocenters. The van der Waals surface area contributed by atoms with Gasteiger partial charge >= 0.3 is 5.97 Å². The highest BCUT2D eigenvalue weighted by atomic mass is 16.5. The first-order chi connectivity index (χ1) is 12.4. The number of morpholine rings is 1. The molecule has 1 N–H and O–H groups in total. The van der Waals surface area contributed by atoms with Crippen molar-refractivity contribution >= 4 is 11.9 Å². The number of rotatable bonds is 5. The molecule has 0 bridgehead atoms. The number of ether oxygens (including phenoxy) is 1. The molecule has 1 aromatic carbocycles. The Morgan fingerprint density at radius 3 is 2.77 bits per heavy atom. The number of aryl methyl sites for hydroxylation is 2. The minimum atomic E-state index is -1.02. The van der Waals surface area contributed by atoms with E-state index in [0.717, 1.165) is 5.82 Å². The van der Waals surface area contributed by atoms with E-state index in [0.29, 0.717) is 37.6 Å². The predicted molar refractivity (Wildman–Crippen MR) is 92.9 cm³/mol. The number of amides is 1. The van der Waals surface area contributed by atoms with Crippen LogP contribution in [0.5, 0.6) is 0 Å². The zero-order chi connectivity index (χ0) is 18.7. The maximum absolute atomic E-state index is 12.7. The van der Waals surface area contributed by atoms with Gasteiger partial charge < -0.3 is 14.7 Å². The van der Waals surface area contributed by atoms with Gasteiger partial charge in [-0.05, 0) is 25.5 Å². The Bertz CT molecular complexity index is 817. The normalized spacial score (nSPS) is 17.3. The summed E-state index contributed by atoms with van der Waals surface area (Å²) in [6.45, 7) is 5.65. The van der Waals surface area contributed by atoms with Crippen LogP contribution in [0.25, 0.3) is 0 Å². The zero-order valence-electron chi connectivity index (χ0n) is 14.9. The molecule has 0 radical (unpaired) electrons. The van der Waals surface area contributed by atoms with Crippen molar-refractivity contribution in [1.29, 1.82) is 0 Å². The highest BCUT2D eigenvalue weighted by molar-refractivity contribution is 5.91. The molecule has 3 rings (SSSR count). The van der Waals surface area contributed by atoms with E-state index < -0.39 is 5.97 Å². The van der Waals surface area contributed by atoms with E-state index in [2.05, 4.69) is 10.1 Å². The van der Waals surface area contributed by atoms with Crippen LogP contribution in [-0.2, 0) is 22.5 Å². The van der Waals surface area contributed by atoms with E-state index in [1.165, 1.54) is 6.07 Å². The van der Waals surface area contributed by atoms with Gasteiger partial charge in [-0.15, -0.1) is 0 Å². The summed E-state index contributed by atoms with van der Waals surface area (Å²) in [6, 6.07) is 6.60. The molecule has 2 aromatic rings. The van der Waals surface area contributed by atoms with Gasteiger partial charge in [-0.2, -0.15) is 5.10 Å². The summed E-state index contributed by atoms with van der Waals surface area (Å²) in [7, 11) is 0. The molecule has 1 aromatic heterocycles. The summed E-state index contributed by atoms with van der Waals surface area (Å²) < 4.78 is 7.55. The average molecular weight is 358 g/mol. The molecule has 1 aliphatic rings. The molecule has 0 aliphatic carbocycles. The Morgan fingerprint density at radius 2 is 2.08 bits per heavy atom. The highest BCUT2D eigenvalue weighted by Gasteiger charge is 2.26. The van der Waals surface area contributed by atoms with Crippen LogP contribution in [0, 0.1) is 13.8 Å². The zero-order valence-corrected chi connectivity index (χ0v) is 14.9. The third-order valence-corrected chi connectivity index (χ3v) is 4.42. The average Bonchev–Trinajstić information content (AvgIpc) is 2.92. The lowest BCUT2D eigenvalue weighted by Crippen LogP contribution is -2.47. The molecule has 1 unspecified atom stereocenters. The fourth-order valence-corrected chi connectivity index (χ4v) is 3.14. The fourth-order valence-electron chi connectivity index (χ4n) is 3.14. The number of benzene rings is 1. The molecule has 1 saturated heterocycles. The molecule has 1 amide bonds. The Morgan fingerprint density at radius 1 is 1.31 bits per heavy atom. The second kappa shape index (κ2) is 7.65. The van der Waals surface area contributed by atoms with E-state index in [1.807, 2.05) is 13.8 Å². The SMILES string of the molecule is Cc1nc(C)n(CC2CN(C(=O)Cc3ccccc3C(=O)O)CCO2)n1. The molecule has 8 nitrogen and oxygen atoms in total. The third kappa shape index (κ3) is 4.08. The topological polar surface area (TPSA) is 97.6 Å². The molecule has 26 heavy (non-hydrogen) atoms.